The van der Waals surface area contributed by atoms with Crippen LogP contribution in [-0.2, 0) is 0 Å². The molecule has 1 atom stereocenters. The predicted octanol–water partition coefficient (Wildman–Crippen LogP) is 3.30. The summed E-state index contributed by atoms with van der Waals surface area (Å²) in [5.74, 6) is 2.69. The second-order valence-corrected chi connectivity index (χ2v) is 4.79. The van der Waals surface area contributed by atoms with Gasteiger partial charge in [-0.3, -0.25) is 0 Å². The first kappa shape index (κ1) is 13.3. The van der Waals surface area contributed by atoms with Crippen molar-refractivity contribution in [2.75, 3.05) is 18.1 Å². The molecule has 2 heteroatoms. The van der Waals surface area contributed by atoms with Crippen LogP contribution in [0.25, 0.3) is 0 Å². The van der Waals surface area contributed by atoms with E-state index in [1.54, 1.807) is 0 Å². The summed E-state index contributed by atoms with van der Waals surface area (Å²) >= 11 is 2.10. The summed E-state index contributed by atoms with van der Waals surface area (Å²) in [6.45, 7) is 7.81. The van der Waals surface area contributed by atoms with Gasteiger partial charge < -0.3 is 5.32 Å². The van der Waals surface area contributed by atoms with Crippen LogP contribution in [0.1, 0.15) is 46.5 Å². The van der Waals surface area contributed by atoms with Crippen LogP contribution in [0.4, 0.5) is 0 Å². The molecule has 0 fully saturated rings. The number of hydrogen-bond donors (Lipinski definition) is 1. The van der Waals surface area contributed by atoms with Crippen LogP contribution in [0.5, 0.6) is 0 Å². The summed E-state index contributed by atoms with van der Waals surface area (Å²) in [6.07, 6.45) is 5.42. The molecular formula is C11H25NS. The monoisotopic (exact) mass is 203 g/mol. The highest BCUT2D eigenvalue weighted by molar-refractivity contribution is 7.99. The first-order chi connectivity index (χ1) is 6.31. The molecule has 0 radical (unpaired) electrons. The Morgan fingerprint density at radius 1 is 1.15 bits per heavy atom. The maximum absolute atomic E-state index is 3.44. The fourth-order valence-electron chi connectivity index (χ4n) is 1.35. The van der Waals surface area contributed by atoms with Crippen molar-refractivity contribution in [2.45, 2.75) is 52.5 Å². The molecule has 1 unspecified atom stereocenters. The molecular weight excluding hydrogens is 178 g/mol. The molecule has 0 aromatic heterocycles. The van der Waals surface area contributed by atoms with Gasteiger partial charge in [0.05, 0.1) is 0 Å². The first-order valence-corrected chi connectivity index (χ1v) is 6.77. The molecule has 0 bridgehead atoms. The van der Waals surface area contributed by atoms with Crippen LogP contribution in [-0.4, -0.2) is 24.1 Å². The van der Waals surface area contributed by atoms with E-state index < -0.39 is 0 Å². The van der Waals surface area contributed by atoms with Crippen LogP contribution in [0.2, 0.25) is 0 Å². The van der Waals surface area contributed by atoms with Crippen molar-refractivity contribution in [2.24, 2.45) is 0 Å². The second-order valence-electron chi connectivity index (χ2n) is 3.57. The summed E-state index contributed by atoms with van der Waals surface area (Å²) in [7, 11) is 0. The van der Waals surface area contributed by atoms with E-state index in [4.69, 9.17) is 0 Å². The lowest BCUT2D eigenvalue weighted by atomic mass is 10.1. The van der Waals surface area contributed by atoms with Gasteiger partial charge >= 0.3 is 0 Å². The number of thioether (sulfide) groups is 1. The van der Waals surface area contributed by atoms with Gasteiger partial charge in [0.25, 0.3) is 0 Å². The molecule has 1 N–H and O–H groups in total. The lowest BCUT2D eigenvalue weighted by molar-refractivity contribution is 0.510. The summed E-state index contributed by atoms with van der Waals surface area (Å²) in [5, 5.41) is 3.44. The van der Waals surface area contributed by atoms with Gasteiger partial charge in [0.15, 0.2) is 0 Å². The van der Waals surface area contributed by atoms with Gasteiger partial charge in [0, 0.05) is 6.04 Å². The first-order valence-electron chi connectivity index (χ1n) is 5.62. The maximum Gasteiger partial charge on any atom is 0.00386 e. The van der Waals surface area contributed by atoms with E-state index in [1.165, 1.54) is 37.2 Å². The van der Waals surface area contributed by atoms with Crippen molar-refractivity contribution >= 4 is 11.8 Å². The van der Waals surface area contributed by atoms with Crippen LogP contribution in [0.15, 0.2) is 0 Å². The quantitative estimate of drug-likeness (QED) is 0.577. The molecule has 0 aliphatic rings. The van der Waals surface area contributed by atoms with Crippen LogP contribution < -0.4 is 5.32 Å². The van der Waals surface area contributed by atoms with E-state index in [0.29, 0.717) is 6.04 Å². The fourth-order valence-corrected chi connectivity index (χ4v) is 2.25. The third-order valence-corrected chi connectivity index (χ3v) is 3.35. The van der Waals surface area contributed by atoms with Crippen molar-refractivity contribution in [3.63, 3.8) is 0 Å². The van der Waals surface area contributed by atoms with E-state index in [9.17, 15) is 0 Å². The van der Waals surface area contributed by atoms with E-state index in [2.05, 4.69) is 37.8 Å². The smallest absolute Gasteiger partial charge is 0.00386 e. The van der Waals surface area contributed by atoms with Gasteiger partial charge in [-0.25, -0.2) is 0 Å². The molecule has 13 heavy (non-hydrogen) atoms. The van der Waals surface area contributed by atoms with Crippen molar-refractivity contribution in [3.05, 3.63) is 0 Å². The molecule has 0 amide bonds. The minimum atomic E-state index is 0.709. The Labute approximate surface area is 88.1 Å². The molecule has 0 rings (SSSR count). The fraction of sp³-hybridized carbons (Fsp3) is 1.00. The van der Waals surface area contributed by atoms with Gasteiger partial charge in [-0.2, -0.15) is 11.8 Å². The molecule has 0 aromatic carbocycles. The Hall–Kier alpha value is 0.310. The number of rotatable bonds is 9. The standard InChI is InChI=1S/C11H25NS/c1-4-9-13-10-7-6-8-11(3)12-5-2/h11-12H,4-10H2,1-3H3. The SMILES string of the molecule is CCCSCCCCC(C)NCC. The topological polar surface area (TPSA) is 12.0 Å². The molecule has 80 valence electrons. The van der Waals surface area contributed by atoms with Crippen LogP contribution >= 0.6 is 11.8 Å². The summed E-state index contributed by atoms with van der Waals surface area (Å²) in [4.78, 5) is 0. The van der Waals surface area contributed by atoms with Gasteiger partial charge in [0.1, 0.15) is 0 Å². The minimum Gasteiger partial charge on any atom is -0.315 e. The Morgan fingerprint density at radius 3 is 2.54 bits per heavy atom. The van der Waals surface area contributed by atoms with Crippen LogP contribution in [0.3, 0.4) is 0 Å². The normalized spacial score (nSPS) is 13.2. The minimum absolute atomic E-state index is 0.709. The highest BCUT2D eigenvalue weighted by atomic mass is 32.2. The number of hydrogen-bond acceptors (Lipinski definition) is 2. The average molecular weight is 203 g/mol. The highest BCUT2D eigenvalue weighted by Crippen LogP contribution is 2.08. The predicted molar refractivity (Wildman–Crippen MR) is 64.6 cm³/mol. The van der Waals surface area contributed by atoms with Crippen molar-refractivity contribution in [3.8, 4) is 0 Å². The Kier molecular flexibility index (Phi) is 10.6. The third-order valence-electron chi connectivity index (χ3n) is 2.08. The van der Waals surface area contributed by atoms with Crippen molar-refractivity contribution < 1.29 is 0 Å². The van der Waals surface area contributed by atoms with Crippen LogP contribution in [0, 0.1) is 0 Å². The van der Waals surface area contributed by atoms with Gasteiger partial charge in [-0.1, -0.05) is 20.3 Å². The zero-order valence-corrected chi connectivity index (χ0v) is 10.3. The molecule has 1 nitrogen and oxygen atoms in total. The Morgan fingerprint density at radius 2 is 1.92 bits per heavy atom. The van der Waals surface area contributed by atoms with E-state index in [0.717, 1.165) is 6.54 Å². The lowest BCUT2D eigenvalue weighted by Gasteiger charge is -2.11. The van der Waals surface area contributed by atoms with E-state index in [-0.39, 0.29) is 0 Å². The summed E-state index contributed by atoms with van der Waals surface area (Å²) in [5.41, 5.74) is 0. The molecule has 0 saturated carbocycles. The Balaban J connectivity index is 2.97. The van der Waals surface area contributed by atoms with Gasteiger partial charge in [0.2, 0.25) is 0 Å². The molecule has 0 heterocycles. The van der Waals surface area contributed by atoms with Crippen molar-refractivity contribution in [1.82, 2.24) is 5.32 Å². The number of unbranched alkanes of at least 4 members (excludes halogenated alkanes) is 1. The van der Waals surface area contributed by atoms with Gasteiger partial charge in [-0.15, -0.1) is 0 Å². The Bertz CT molecular complexity index is 96.1. The number of nitrogens with one attached hydrogen (secondary N) is 1. The molecule has 0 spiro atoms. The lowest BCUT2D eigenvalue weighted by Crippen LogP contribution is -2.25. The molecule has 0 aliphatic carbocycles. The van der Waals surface area contributed by atoms with E-state index >= 15 is 0 Å². The third kappa shape index (κ3) is 10.2. The largest absolute Gasteiger partial charge is 0.315 e. The summed E-state index contributed by atoms with van der Waals surface area (Å²) in [6, 6.07) is 0.709. The molecule has 0 aromatic rings. The average Bonchev–Trinajstić information content (AvgIpc) is 2.11. The summed E-state index contributed by atoms with van der Waals surface area (Å²) < 4.78 is 0. The highest BCUT2D eigenvalue weighted by Gasteiger charge is 1.98. The molecule has 0 saturated heterocycles. The zero-order valence-electron chi connectivity index (χ0n) is 9.44. The molecule has 0 aliphatic heterocycles. The van der Waals surface area contributed by atoms with Gasteiger partial charge in [-0.05, 0) is 44.2 Å². The second kappa shape index (κ2) is 10.4. The maximum atomic E-state index is 3.44. The van der Waals surface area contributed by atoms with E-state index in [1.807, 2.05) is 0 Å². The van der Waals surface area contributed by atoms with Crippen molar-refractivity contribution in [1.29, 1.82) is 0 Å². The zero-order chi connectivity index (χ0) is 9.94.